The predicted octanol–water partition coefficient (Wildman–Crippen LogP) is -0.629. The second-order valence-electron chi connectivity index (χ2n) is 3.02. The summed E-state index contributed by atoms with van der Waals surface area (Å²) >= 11 is 0.0598. The highest BCUT2D eigenvalue weighted by Gasteiger charge is 2.27. The highest BCUT2D eigenvalue weighted by molar-refractivity contribution is 7.67. The Bertz CT molecular complexity index is 628. The molecule has 2 heterocycles. The highest BCUT2D eigenvalue weighted by Crippen LogP contribution is 2.15. The molecule has 0 aliphatic carbocycles. The van der Waals surface area contributed by atoms with Crippen LogP contribution < -0.4 is 0 Å². The molecule has 0 aliphatic rings. The molecule has 18 heavy (non-hydrogen) atoms. The molecule has 94 valence electrons. The molecule has 2 aromatic rings. The van der Waals surface area contributed by atoms with Crippen molar-refractivity contribution in [2.24, 2.45) is 0 Å². The Hall–Kier alpha value is -2.43. The molecule has 0 amide bonds. The van der Waals surface area contributed by atoms with Gasteiger partial charge in [-0.05, 0) is 17.1 Å². The number of nitro groups is 1. The van der Waals surface area contributed by atoms with Crippen LogP contribution in [0.5, 0.6) is 0 Å². The summed E-state index contributed by atoms with van der Waals surface area (Å²) in [6.07, 6.45) is 1.07. The summed E-state index contributed by atoms with van der Waals surface area (Å²) in [7, 11) is 0. The van der Waals surface area contributed by atoms with Crippen molar-refractivity contribution in [1.29, 1.82) is 0 Å². The standard InChI is InChI=1S/C7H6N6O4S/c1-2-12-4(13(14)15)3-8-6(12)5(18-16)7-9-10-11-17-7/h3H,2H2,1H3. The van der Waals surface area contributed by atoms with Gasteiger partial charge in [0.2, 0.25) is 10.7 Å². The number of rotatable bonds is 4. The smallest absolute Gasteiger partial charge is 0.343 e. The first-order chi connectivity index (χ1) is 8.69. The Balaban J connectivity index is 2.58. The van der Waals surface area contributed by atoms with Crippen LogP contribution in [0, 0.1) is 10.1 Å². The molecule has 0 unspecified atom stereocenters. The van der Waals surface area contributed by atoms with Crippen LogP contribution in [0.4, 0.5) is 5.82 Å². The maximum absolute atomic E-state index is 11.1. The van der Waals surface area contributed by atoms with E-state index in [2.05, 4.69) is 25.1 Å². The van der Waals surface area contributed by atoms with Crippen molar-refractivity contribution in [3.63, 3.8) is 0 Å². The fraction of sp³-hybridized carbons (Fsp3) is 0.286. The number of nitrogens with zero attached hydrogens (tertiary/aromatic N) is 6. The van der Waals surface area contributed by atoms with Gasteiger partial charge in [-0.25, -0.2) is 13.8 Å². The molecule has 0 radical (unpaired) electrons. The van der Waals surface area contributed by atoms with Crippen LogP contribution in [0.2, 0.25) is 0 Å². The normalized spacial score (nSPS) is 10.3. The predicted molar refractivity (Wildman–Crippen MR) is 58.0 cm³/mol. The minimum Gasteiger partial charge on any atom is -0.358 e. The SMILES string of the molecule is CCn1c([N+](=O)[O-])cnc1C(=S=O)c1nnno1. The van der Waals surface area contributed by atoms with Gasteiger partial charge in [-0.1, -0.05) is 5.10 Å². The van der Waals surface area contributed by atoms with Crippen LogP contribution in [0.1, 0.15) is 18.6 Å². The van der Waals surface area contributed by atoms with Crippen LogP contribution in [0.15, 0.2) is 10.7 Å². The lowest BCUT2D eigenvalue weighted by Gasteiger charge is -1.99. The molecule has 0 saturated carbocycles. The summed E-state index contributed by atoms with van der Waals surface area (Å²) in [6, 6.07) is 0. The fourth-order valence-electron chi connectivity index (χ4n) is 1.39. The van der Waals surface area contributed by atoms with Gasteiger partial charge in [-0.15, -0.1) is 0 Å². The zero-order valence-electron chi connectivity index (χ0n) is 9.01. The van der Waals surface area contributed by atoms with E-state index in [1.165, 1.54) is 4.57 Å². The molecule has 0 aliphatic heterocycles. The van der Waals surface area contributed by atoms with E-state index in [4.69, 9.17) is 0 Å². The summed E-state index contributed by atoms with van der Waals surface area (Å²) in [4.78, 5) is 14.0. The summed E-state index contributed by atoms with van der Waals surface area (Å²) in [5.74, 6) is -0.230. The van der Waals surface area contributed by atoms with Crippen LogP contribution in [0.25, 0.3) is 0 Å². The second kappa shape index (κ2) is 4.83. The second-order valence-corrected chi connectivity index (χ2v) is 3.60. The van der Waals surface area contributed by atoms with Gasteiger partial charge in [-0.2, -0.15) is 0 Å². The quantitative estimate of drug-likeness (QED) is 0.310. The fourth-order valence-corrected chi connectivity index (χ4v) is 1.78. The molecule has 0 bridgehead atoms. The molecule has 2 aromatic heterocycles. The van der Waals surface area contributed by atoms with Gasteiger partial charge in [0.15, 0.2) is 0 Å². The maximum Gasteiger partial charge on any atom is 0.343 e. The molecule has 2 rings (SSSR count). The van der Waals surface area contributed by atoms with Gasteiger partial charge >= 0.3 is 5.82 Å². The lowest BCUT2D eigenvalue weighted by Crippen LogP contribution is -2.13. The Morgan fingerprint density at radius 2 is 2.44 bits per heavy atom. The monoisotopic (exact) mass is 270 g/mol. The molecule has 0 N–H and O–H groups in total. The maximum atomic E-state index is 11.1. The van der Waals surface area contributed by atoms with E-state index < -0.39 is 4.92 Å². The van der Waals surface area contributed by atoms with Crippen molar-refractivity contribution in [2.75, 3.05) is 0 Å². The van der Waals surface area contributed by atoms with Gasteiger partial charge in [-0.3, -0.25) is 0 Å². The van der Waals surface area contributed by atoms with E-state index in [0.29, 0.717) is 0 Å². The molecule has 10 nitrogen and oxygen atoms in total. The molecule has 0 fully saturated rings. The lowest BCUT2D eigenvalue weighted by atomic mass is 10.4. The zero-order valence-corrected chi connectivity index (χ0v) is 9.83. The van der Waals surface area contributed by atoms with Crippen molar-refractivity contribution in [3.8, 4) is 0 Å². The Labute approximate surface area is 103 Å². The number of hydrogen-bond acceptors (Lipinski definition) is 8. The van der Waals surface area contributed by atoms with E-state index in [-0.39, 0.29) is 40.2 Å². The van der Waals surface area contributed by atoms with Crippen LogP contribution in [-0.2, 0) is 17.8 Å². The Morgan fingerprint density at radius 3 is 2.94 bits per heavy atom. The van der Waals surface area contributed by atoms with Crippen LogP contribution in [-0.4, -0.2) is 39.1 Å². The highest BCUT2D eigenvalue weighted by atomic mass is 32.1. The van der Waals surface area contributed by atoms with Crippen molar-refractivity contribution in [3.05, 3.63) is 28.0 Å². The van der Waals surface area contributed by atoms with Gasteiger partial charge in [0.25, 0.3) is 5.89 Å². The molecule has 0 aromatic carbocycles. The molecule has 11 heteroatoms. The van der Waals surface area contributed by atoms with Crippen molar-refractivity contribution in [1.82, 2.24) is 25.1 Å². The van der Waals surface area contributed by atoms with Crippen molar-refractivity contribution in [2.45, 2.75) is 13.5 Å². The summed E-state index contributed by atoms with van der Waals surface area (Å²) < 4.78 is 17.0. The number of imidazole rings is 1. The van der Waals surface area contributed by atoms with E-state index >= 15 is 0 Å². The minimum absolute atomic E-state index is 0.00468. The van der Waals surface area contributed by atoms with E-state index in [0.717, 1.165) is 6.20 Å². The van der Waals surface area contributed by atoms with Crippen molar-refractivity contribution < 1.29 is 13.7 Å². The molecule has 0 atom stereocenters. The average Bonchev–Trinajstić information content (AvgIpc) is 2.98. The average molecular weight is 270 g/mol. The third kappa shape index (κ3) is 1.90. The van der Waals surface area contributed by atoms with Crippen LogP contribution >= 0.6 is 0 Å². The molecular formula is C7H6N6O4S. The first-order valence-corrected chi connectivity index (χ1v) is 5.45. The third-order valence-corrected chi connectivity index (χ3v) is 2.64. The Morgan fingerprint density at radius 1 is 1.67 bits per heavy atom. The van der Waals surface area contributed by atoms with Crippen LogP contribution in [0.3, 0.4) is 0 Å². The molecular weight excluding hydrogens is 264 g/mol. The lowest BCUT2D eigenvalue weighted by molar-refractivity contribution is -0.392. The van der Waals surface area contributed by atoms with Crippen molar-refractivity contribution >= 4 is 21.9 Å². The largest absolute Gasteiger partial charge is 0.358 e. The minimum atomic E-state index is -0.584. The summed E-state index contributed by atoms with van der Waals surface area (Å²) in [5.41, 5.74) is 0. The van der Waals surface area contributed by atoms with E-state index in [9.17, 15) is 14.3 Å². The van der Waals surface area contributed by atoms with E-state index in [1.807, 2.05) is 0 Å². The number of hydrogen-bond donors (Lipinski definition) is 0. The number of aromatic nitrogens is 5. The van der Waals surface area contributed by atoms with Gasteiger partial charge in [0.05, 0.1) is 11.8 Å². The zero-order chi connectivity index (χ0) is 13.1. The first kappa shape index (κ1) is 12.0. The molecule has 0 saturated heterocycles. The van der Waals surface area contributed by atoms with E-state index in [1.54, 1.807) is 6.92 Å². The third-order valence-electron chi connectivity index (χ3n) is 2.12. The summed E-state index contributed by atoms with van der Waals surface area (Å²) in [5, 5.41) is 20.6. The summed E-state index contributed by atoms with van der Waals surface area (Å²) in [6.45, 7) is 1.97. The first-order valence-electron chi connectivity index (χ1n) is 4.71. The van der Waals surface area contributed by atoms with Gasteiger partial charge in [0, 0.05) is 0 Å². The van der Waals surface area contributed by atoms with Gasteiger partial charge < -0.3 is 14.6 Å². The molecule has 0 spiro atoms. The topological polar surface area (TPSA) is 130 Å². The Kier molecular flexibility index (Phi) is 3.23. The van der Waals surface area contributed by atoms with Gasteiger partial charge in [0.1, 0.15) is 17.5 Å².